The van der Waals surface area contributed by atoms with Gasteiger partial charge >= 0.3 is 6.16 Å². The van der Waals surface area contributed by atoms with Crippen LogP contribution in [0.25, 0.3) is 10.9 Å². The lowest BCUT2D eigenvalue weighted by molar-refractivity contribution is 0.0240. The normalized spacial score (nSPS) is 26.2. The van der Waals surface area contributed by atoms with Crippen LogP contribution in [0, 0.1) is 5.92 Å². The lowest BCUT2D eigenvalue weighted by Crippen LogP contribution is -2.48. The number of H-pyrrole nitrogens is 1. The summed E-state index contributed by atoms with van der Waals surface area (Å²) in [5, 5.41) is 1.40. The van der Waals surface area contributed by atoms with E-state index in [0.29, 0.717) is 31.1 Å². The molecule has 1 aromatic heterocycles. The predicted molar refractivity (Wildman–Crippen MR) is 92.2 cm³/mol. The molecule has 1 aromatic carbocycles. The highest BCUT2D eigenvalue weighted by molar-refractivity contribution is 5.88. The molecule has 2 heterocycles. The fraction of sp³-hybridized carbons (Fsp3) is 0.526. The number of rotatable bonds is 3. The molecule has 0 spiro atoms. The standard InChI is InChI=1S/C19H24N2O3/c1-3-23-19(22)24-11-12-7-15-14-5-4-6-16-18(14)13(9-20-16)8-17(15)21(2)10-12/h4-6,9,12,15,17,20H,3,7-8,10-11H2,1-2H3/t12?,15-,17-/m0/s1. The second-order valence-corrected chi connectivity index (χ2v) is 7.00. The Labute approximate surface area is 141 Å². The van der Waals surface area contributed by atoms with Crippen molar-refractivity contribution in [1.29, 1.82) is 0 Å². The summed E-state index contributed by atoms with van der Waals surface area (Å²) in [7, 11) is 2.19. The molecule has 24 heavy (non-hydrogen) atoms. The van der Waals surface area contributed by atoms with Gasteiger partial charge in [0, 0.05) is 41.5 Å². The Bertz CT molecular complexity index is 754. The summed E-state index contributed by atoms with van der Waals surface area (Å²) in [6.45, 7) is 3.53. The van der Waals surface area contributed by atoms with E-state index in [-0.39, 0.29) is 0 Å². The van der Waals surface area contributed by atoms with Gasteiger partial charge in [-0.15, -0.1) is 0 Å². The topological polar surface area (TPSA) is 54.6 Å². The Morgan fingerprint density at radius 2 is 2.25 bits per heavy atom. The summed E-state index contributed by atoms with van der Waals surface area (Å²) in [5.41, 5.74) is 4.09. The third-order valence-corrected chi connectivity index (χ3v) is 5.51. The van der Waals surface area contributed by atoms with E-state index in [0.717, 1.165) is 19.4 Å². The van der Waals surface area contributed by atoms with Crippen molar-refractivity contribution in [3.05, 3.63) is 35.5 Å². The van der Waals surface area contributed by atoms with Gasteiger partial charge in [0.2, 0.25) is 0 Å². The monoisotopic (exact) mass is 328 g/mol. The molecule has 5 heteroatoms. The zero-order valence-electron chi connectivity index (χ0n) is 14.2. The van der Waals surface area contributed by atoms with Crippen molar-refractivity contribution in [2.45, 2.75) is 31.7 Å². The number of hydrogen-bond donors (Lipinski definition) is 1. The van der Waals surface area contributed by atoms with Crippen LogP contribution < -0.4 is 0 Å². The average Bonchev–Trinajstić information content (AvgIpc) is 2.99. The molecule has 1 unspecified atom stereocenters. The molecule has 0 amide bonds. The highest BCUT2D eigenvalue weighted by Gasteiger charge is 2.39. The minimum Gasteiger partial charge on any atom is -0.435 e. The number of piperidine rings is 1. The molecule has 1 fully saturated rings. The molecule has 1 aliphatic carbocycles. The molecule has 128 valence electrons. The number of likely N-dealkylation sites (tertiary alicyclic amines) is 1. The van der Waals surface area contributed by atoms with Crippen molar-refractivity contribution in [3.63, 3.8) is 0 Å². The maximum Gasteiger partial charge on any atom is 0.508 e. The molecule has 0 radical (unpaired) electrons. The Morgan fingerprint density at radius 1 is 1.38 bits per heavy atom. The predicted octanol–water partition coefficient (Wildman–Crippen LogP) is 3.30. The summed E-state index contributed by atoms with van der Waals surface area (Å²) >= 11 is 0. The lowest BCUT2D eigenvalue weighted by atomic mass is 9.72. The van der Waals surface area contributed by atoms with Gasteiger partial charge in [0.05, 0.1) is 13.2 Å². The number of fused-ring (bicyclic) bond motifs is 2. The van der Waals surface area contributed by atoms with Crippen LogP contribution in [-0.4, -0.2) is 48.9 Å². The molecule has 2 aromatic rings. The molecule has 1 N–H and O–H groups in total. The number of nitrogens with zero attached hydrogens (tertiary/aromatic N) is 1. The molecule has 5 nitrogen and oxygen atoms in total. The minimum atomic E-state index is -0.555. The van der Waals surface area contributed by atoms with Crippen LogP contribution in [0.1, 0.15) is 30.4 Å². The lowest BCUT2D eigenvalue weighted by Gasteiger charge is -2.45. The van der Waals surface area contributed by atoms with E-state index in [9.17, 15) is 4.79 Å². The highest BCUT2D eigenvalue weighted by Crippen LogP contribution is 2.44. The van der Waals surface area contributed by atoms with Crippen molar-refractivity contribution < 1.29 is 14.3 Å². The van der Waals surface area contributed by atoms with Gasteiger partial charge in [-0.2, -0.15) is 0 Å². The fourth-order valence-electron chi connectivity index (χ4n) is 4.52. The van der Waals surface area contributed by atoms with Crippen LogP contribution in [0.2, 0.25) is 0 Å². The first kappa shape index (κ1) is 15.5. The Morgan fingerprint density at radius 3 is 3.08 bits per heavy atom. The maximum atomic E-state index is 11.5. The number of hydrogen-bond acceptors (Lipinski definition) is 4. The average molecular weight is 328 g/mol. The molecule has 2 aliphatic rings. The first-order chi connectivity index (χ1) is 11.7. The summed E-state index contributed by atoms with van der Waals surface area (Å²) in [6, 6.07) is 7.08. The molecule has 3 atom stereocenters. The van der Waals surface area contributed by atoms with Gasteiger partial charge in [-0.25, -0.2) is 4.79 Å². The van der Waals surface area contributed by atoms with Crippen LogP contribution in [0.3, 0.4) is 0 Å². The third-order valence-electron chi connectivity index (χ3n) is 5.51. The van der Waals surface area contributed by atoms with Crippen molar-refractivity contribution in [2.75, 3.05) is 26.8 Å². The van der Waals surface area contributed by atoms with Crippen molar-refractivity contribution in [1.82, 2.24) is 9.88 Å². The van der Waals surface area contributed by atoms with Crippen LogP contribution in [-0.2, 0) is 15.9 Å². The number of ether oxygens (including phenoxy) is 2. The first-order valence-corrected chi connectivity index (χ1v) is 8.76. The summed E-state index contributed by atoms with van der Waals surface area (Å²) in [6.07, 6.45) is 3.75. The van der Waals surface area contributed by atoms with Gasteiger partial charge in [-0.05, 0) is 44.0 Å². The summed E-state index contributed by atoms with van der Waals surface area (Å²) in [5.74, 6) is 0.836. The van der Waals surface area contributed by atoms with Gasteiger partial charge in [-0.1, -0.05) is 12.1 Å². The zero-order chi connectivity index (χ0) is 16.7. The largest absolute Gasteiger partial charge is 0.508 e. The Balaban J connectivity index is 1.56. The zero-order valence-corrected chi connectivity index (χ0v) is 14.2. The van der Waals surface area contributed by atoms with E-state index in [1.807, 2.05) is 0 Å². The molecular formula is C19H24N2O3. The number of likely N-dealkylation sites (N-methyl/N-ethyl adjacent to an activating group) is 1. The first-order valence-electron chi connectivity index (χ1n) is 8.76. The van der Waals surface area contributed by atoms with Crippen molar-refractivity contribution >= 4 is 17.1 Å². The molecule has 0 bridgehead atoms. The number of carbonyl (C=O) groups is 1. The smallest absolute Gasteiger partial charge is 0.435 e. The van der Waals surface area contributed by atoms with Gasteiger partial charge in [-0.3, -0.25) is 0 Å². The molecular weight excluding hydrogens is 304 g/mol. The quantitative estimate of drug-likeness (QED) is 0.879. The number of nitrogens with one attached hydrogen (secondary N) is 1. The van der Waals surface area contributed by atoms with Crippen LogP contribution in [0.5, 0.6) is 0 Å². The number of carbonyl (C=O) groups excluding carboxylic acids is 1. The molecule has 1 saturated heterocycles. The van der Waals surface area contributed by atoms with Gasteiger partial charge in [0.1, 0.15) is 0 Å². The molecule has 0 saturated carbocycles. The Hall–Kier alpha value is -2.01. The summed E-state index contributed by atoms with van der Waals surface area (Å²) in [4.78, 5) is 17.3. The maximum absolute atomic E-state index is 11.5. The SMILES string of the molecule is CCOC(=O)OCC1C[C@H]2c3cccc4[nH]cc(c34)C[C@@H]2N(C)C1. The van der Waals surface area contributed by atoms with Crippen LogP contribution in [0.4, 0.5) is 4.79 Å². The second kappa shape index (κ2) is 6.13. The van der Waals surface area contributed by atoms with Crippen molar-refractivity contribution in [3.8, 4) is 0 Å². The van der Waals surface area contributed by atoms with Crippen LogP contribution >= 0.6 is 0 Å². The molecule has 1 aliphatic heterocycles. The van der Waals surface area contributed by atoms with Crippen molar-refractivity contribution in [2.24, 2.45) is 5.92 Å². The van der Waals surface area contributed by atoms with E-state index in [1.165, 1.54) is 22.0 Å². The van der Waals surface area contributed by atoms with Gasteiger partial charge in [0.25, 0.3) is 0 Å². The number of aromatic amines is 1. The number of aromatic nitrogens is 1. The van der Waals surface area contributed by atoms with E-state index in [4.69, 9.17) is 9.47 Å². The van der Waals surface area contributed by atoms with Gasteiger partial charge in [0.15, 0.2) is 0 Å². The molecule has 4 rings (SSSR count). The second-order valence-electron chi connectivity index (χ2n) is 7.00. The van der Waals surface area contributed by atoms with E-state index in [1.54, 1.807) is 6.92 Å². The highest BCUT2D eigenvalue weighted by atomic mass is 16.7. The van der Waals surface area contributed by atoms with E-state index in [2.05, 4.69) is 41.3 Å². The summed E-state index contributed by atoms with van der Waals surface area (Å²) < 4.78 is 10.2. The van der Waals surface area contributed by atoms with Crippen LogP contribution in [0.15, 0.2) is 24.4 Å². The third kappa shape index (κ3) is 2.57. The van der Waals surface area contributed by atoms with E-state index >= 15 is 0 Å². The number of benzene rings is 1. The fourth-order valence-corrected chi connectivity index (χ4v) is 4.52. The Kier molecular flexibility index (Phi) is 3.96. The minimum absolute atomic E-state index is 0.344. The van der Waals surface area contributed by atoms with Gasteiger partial charge < -0.3 is 19.4 Å². The van der Waals surface area contributed by atoms with E-state index < -0.39 is 6.16 Å².